The van der Waals surface area contributed by atoms with Crippen molar-refractivity contribution in [3.05, 3.63) is 66.5 Å². The fraction of sp³-hybridized carbons (Fsp3) is 0.174. The van der Waals surface area contributed by atoms with E-state index in [-0.39, 0.29) is 0 Å². The number of pyridine rings is 1. The average molecular weight is 353 g/mol. The van der Waals surface area contributed by atoms with Crippen LogP contribution in [0.15, 0.2) is 60.9 Å². The molecule has 0 fully saturated rings. The molecule has 0 aliphatic carbocycles. The molecule has 0 saturated carbocycles. The van der Waals surface area contributed by atoms with Gasteiger partial charge in [0.05, 0.1) is 13.2 Å². The molecule has 0 saturated heterocycles. The zero-order chi connectivity index (χ0) is 18.5. The Labute approximate surface area is 157 Å². The van der Waals surface area contributed by atoms with Gasteiger partial charge in [0.2, 0.25) is 0 Å². The Bertz CT molecular complexity index is 1330. The highest BCUT2D eigenvalue weighted by Crippen LogP contribution is 2.33. The van der Waals surface area contributed by atoms with Crippen LogP contribution < -0.4 is 4.57 Å². The Morgan fingerprint density at radius 2 is 1.81 bits per heavy atom. The van der Waals surface area contributed by atoms with Crippen LogP contribution in [0.5, 0.6) is 0 Å². The molecule has 3 aromatic heterocycles. The van der Waals surface area contributed by atoms with Crippen LogP contribution in [-0.4, -0.2) is 14.5 Å². The quantitative estimate of drug-likeness (QED) is 0.436. The number of benzene rings is 2. The molecule has 0 unspecified atom stereocenters. The predicted octanol–water partition coefficient (Wildman–Crippen LogP) is 4.56. The van der Waals surface area contributed by atoms with Gasteiger partial charge in [-0.05, 0) is 54.7 Å². The summed E-state index contributed by atoms with van der Waals surface area (Å²) in [7, 11) is 2.06. The van der Waals surface area contributed by atoms with Crippen molar-refractivity contribution in [3.8, 4) is 11.3 Å². The number of fused-ring (bicyclic) bond motifs is 4. The van der Waals surface area contributed by atoms with Crippen molar-refractivity contribution in [2.24, 2.45) is 7.05 Å². The summed E-state index contributed by atoms with van der Waals surface area (Å²) < 4.78 is 4.52. The van der Waals surface area contributed by atoms with E-state index in [2.05, 4.69) is 76.4 Å². The van der Waals surface area contributed by atoms with Gasteiger partial charge in [-0.15, -0.1) is 0 Å². The minimum atomic E-state index is 0.894. The first-order chi connectivity index (χ1) is 13.2. The summed E-state index contributed by atoms with van der Waals surface area (Å²) >= 11 is 0. The summed E-state index contributed by atoms with van der Waals surface area (Å²) in [5, 5.41) is 2.62. The molecule has 132 valence electrons. The molecule has 0 atom stereocenters. The lowest BCUT2D eigenvalue weighted by Gasteiger charge is -2.10. The molecule has 0 N–H and O–H groups in total. The first kappa shape index (κ1) is 15.9. The average Bonchev–Trinajstić information content (AvgIpc) is 3.01. The van der Waals surface area contributed by atoms with Crippen molar-refractivity contribution in [2.45, 2.75) is 20.4 Å². The van der Waals surface area contributed by atoms with Crippen LogP contribution in [-0.2, 0) is 13.6 Å². The van der Waals surface area contributed by atoms with Gasteiger partial charge in [-0.3, -0.25) is 0 Å². The second-order valence-electron chi connectivity index (χ2n) is 6.99. The number of aryl methyl sites for hydroxylation is 3. The second-order valence-corrected chi connectivity index (χ2v) is 6.99. The number of rotatable bonds is 2. The van der Waals surface area contributed by atoms with Crippen LogP contribution in [0.2, 0.25) is 0 Å². The van der Waals surface area contributed by atoms with E-state index in [0.29, 0.717) is 0 Å². The van der Waals surface area contributed by atoms with Gasteiger partial charge >= 0.3 is 5.65 Å². The number of nitrogens with zero attached hydrogens (tertiary/aromatic N) is 4. The van der Waals surface area contributed by atoms with Crippen LogP contribution in [0.4, 0.5) is 0 Å². The summed E-state index contributed by atoms with van der Waals surface area (Å²) in [6.45, 7) is 5.32. The third-order valence-electron chi connectivity index (χ3n) is 5.48. The molecule has 27 heavy (non-hydrogen) atoms. The van der Waals surface area contributed by atoms with E-state index >= 15 is 0 Å². The lowest BCUT2D eigenvalue weighted by Crippen LogP contribution is -2.33. The normalized spacial score (nSPS) is 11.7. The molecule has 0 aliphatic rings. The van der Waals surface area contributed by atoms with Gasteiger partial charge in [0.25, 0.3) is 0 Å². The first-order valence-corrected chi connectivity index (χ1v) is 9.30. The van der Waals surface area contributed by atoms with E-state index in [4.69, 9.17) is 0 Å². The molecule has 0 spiro atoms. The molecule has 5 rings (SSSR count). The van der Waals surface area contributed by atoms with Crippen LogP contribution in [0.25, 0.3) is 44.2 Å². The minimum Gasteiger partial charge on any atom is -0.341 e. The van der Waals surface area contributed by atoms with Crippen molar-refractivity contribution in [2.75, 3.05) is 0 Å². The molecule has 0 bridgehead atoms. The lowest BCUT2D eigenvalue weighted by atomic mass is 10.0. The largest absolute Gasteiger partial charge is 0.349 e. The highest BCUT2D eigenvalue weighted by atomic mass is 15.0. The van der Waals surface area contributed by atoms with E-state index in [1.165, 1.54) is 32.9 Å². The Hall–Kier alpha value is -3.27. The van der Waals surface area contributed by atoms with Gasteiger partial charge in [-0.25, -0.2) is 9.55 Å². The number of hydrogen-bond donors (Lipinski definition) is 0. The molecule has 0 aliphatic heterocycles. The maximum Gasteiger partial charge on any atom is 0.349 e. The van der Waals surface area contributed by atoms with E-state index < -0.39 is 0 Å². The minimum absolute atomic E-state index is 0.894. The molecule has 4 heteroatoms. The van der Waals surface area contributed by atoms with E-state index in [1.807, 2.05) is 24.5 Å². The Balaban J connectivity index is 1.86. The van der Waals surface area contributed by atoms with Crippen LogP contribution in [0.3, 0.4) is 0 Å². The van der Waals surface area contributed by atoms with E-state index in [9.17, 15) is 0 Å². The highest BCUT2D eigenvalue weighted by Gasteiger charge is 2.18. The van der Waals surface area contributed by atoms with Crippen molar-refractivity contribution < 1.29 is 4.57 Å². The van der Waals surface area contributed by atoms with Crippen LogP contribution >= 0.6 is 0 Å². The van der Waals surface area contributed by atoms with Crippen molar-refractivity contribution in [1.29, 1.82) is 0 Å². The highest BCUT2D eigenvalue weighted by molar-refractivity contribution is 6.09. The first-order valence-electron chi connectivity index (χ1n) is 9.30. The molecule has 2 aromatic carbocycles. The van der Waals surface area contributed by atoms with Gasteiger partial charge in [-0.1, -0.05) is 18.2 Å². The molecule has 4 nitrogen and oxygen atoms in total. The summed E-state index contributed by atoms with van der Waals surface area (Å²) in [6.07, 6.45) is 3.77. The smallest absolute Gasteiger partial charge is 0.341 e. The van der Waals surface area contributed by atoms with Crippen LogP contribution in [0.1, 0.15) is 12.5 Å². The van der Waals surface area contributed by atoms with Crippen LogP contribution in [0, 0.1) is 6.92 Å². The van der Waals surface area contributed by atoms with Gasteiger partial charge in [0.15, 0.2) is 11.2 Å². The topological polar surface area (TPSA) is 34.6 Å². The fourth-order valence-electron chi connectivity index (χ4n) is 4.15. The predicted molar refractivity (Wildman–Crippen MR) is 110 cm³/mol. The third kappa shape index (κ3) is 2.26. The number of hydrogen-bond acceptors (Lipinski definition) is 2. The van der Waals surface area contributed by atoms with Gasteiger partial charge in [-0.2, -0.15) is 0 Å². The maximum atomic E-state index is 4.63. The molecule has 3 heterocycles. The molecule has 0 radical (unpaired) electrons. The molecular weight excluding hydrogens is 332 g/mol. The van der Waals surface area contributed by atoms with Gasteiger partial charge in [0.1, 0.15) is 6.20 Å². The zero-order valence-corrected chi connectivity index (χ0v) is 15.8. The molecular formula is C23H21N4+. The van der Waals surface area contributed by atoms with Gasteiger partial charge in [0, 0.05) is 33.9 Å². The summed E-state index contributed by atoms with van der Waals surface area (Å²) in [4.78, 5) is 9.16. The van der Waals surface area contributed by atoms with Crippen molar-refractivity contribution in [3.63, 3.8) is 0 Å². The molecule has 5 aromatic rings. The zero-order valence-electron chi connectivity index (χ0n) is 15.8. The standard InChI is InChI=1S/C23H21N4/c1-4-27-20-10-6-5-8-16(20)18-12-15(2)17(13-21(18)27)22-14-25-19-9-7-11-24-23(19)26(22)3/h5-14H,4H2,1-3H3/q+1. The van der Waals surface area contributed by atoms with Gasteiger partial charge < -0.3 is 4.57 Å². The Morgan fingerprint density at radius 1 is 0.963 bits per heavy atom. The second kappa shape index (κ2) is 5.88. The van der Waals surface area contributed by atoms with Crippen molar-refractivity contribution >= 4 is 33.0 Å². The summed E-state index contributed by atoms with van der Waals surface area (Å²) in [5.41, 5.74) is 7.87. The van der Waals surface area contributed by atoms with E-state index in [0.717, 1.165) is 23.4 Å². The summed E-state index contributed by atoms with van der Waals surface area (Å²) in [5.74, 6) is 0. The third-order valence-corrected chi connectivity index (χ3v) is 5.48. The lowest BCUT2D eigenvalue weighted by molar-refractivity contribution is -0.635. The number of para-hydroxylation sites is 1. The fourth-order valence-corrected chi connectivity index (χ4v) is 4.15. The monoisotopic (exact) mass is 353 g/mol. The summed E-state index contributed by atoms with van der Waals surface area (Å²) in [6, 6.07) is 17.2. The SMILES string of the molecule is CCn1c2ccccc2c2cc(C)c(-c3cnc4cccnc4[n+]3C)cc21. The Morgan fingerprint density at radius 3 is 2.67 bits per heavy atom. The maximum absolute atomic E-state index is 4.63. The molecule has 0 amide bonds. The number of aromatic nitrogens is 4. The Kier molecular flexibility index (Phi) is 3.47. The van der Waals surface area contributed by atoms with E-state index in [1.54, 1.807) is 0 Å². The van der Waals surface area contributed by atoms with Crippen molar-refractivity contribution in [1.82, 2.24) is 14.5 Å².